The van der Waals surface area contributed by atoms with Gasteiger partial charge in [0.15, 0.2) is 4.60 Å². The molecule has 1 aliphatic carbocycles. The number of hydrogen-bond donors (Lipinski definition) is 1. The molecule has 3 aromatic heterocycles. The Bertz CT molecular complexity index is 792. The van der Waals surface area contributed by atoms with Crippen molar-refractivity contribution >= 4 is 22.1 Å². The van der Waals surface area contributed by atoms with Crippen molar-refractivity contribution in [2.75, 3.05) is 0 Å². The first-order valence-electron chi connectivity index (χ1n) is 6.75. The zero-order valence-corrected chi connectivity index (χ0v) is 10.5. The standard InChI is InChI=1S/C13H15N4O2/c18-17-11-8-15-13-10(6-7-14-13)12(11)16(19-17)9-4-2-1-3-5-9/h6-9H,1-5H2,(H,14,15)/q+1. The van der Waals surface area contributed by atoms with Gasteiger partial charge in [-0.2, -0.15) is 0 Å². The zero-order valence-electron chi connectivity index (χ0n) is 10.5. The third kappa shape index (κ3) is 1.52. The predicted molar refractivity (Wildman–Crippen MR) is 69.3 cm³/mol. The van der Waals surface area contributed by atoms with E-state index >= 15 is 0 Å². The quantitative estimate of drug-likeness (QED) is 0.730. The van der Waals surface area contributed by atoms with Gasteiger partial charge in [-0.25, -0.2) is 4.98 Å². The summed E-state index contributed by atoms with van der Waals surface area (Å²) in [5, 5.41) is 0.946. The summed E-state index contributed by atoms with van der Waals surface area (Å²) in [5.74, 6) is 0. The summed E-state index contributed by atoms with van der Waals surface area (Å²) >= 11 is 0. The predicted octanol–water partition coefficient (Wildman–Crippen LogP) is 2.53. The van der Waals surface area contributed by atoms with Crippen LogP contribution in [0.2, 0.25) is 0 Å². The molecule has 0 spiro atoms. The third-order valence-electron chi connectivity index (χ3n) is 4.02. The van der Waals surface area contributed by atoms with Crippen molar-refractivity contribution in [2.24, 2.45) is 0 Å². The maximum Gasteiger partial charge on any atom is 0.291 e. The summed E-state index contributed by atoms with van der Waals surface area (Å²) in [6, 6.07) is 2.23. The molecule has 3 aromatic rings. The second kappa shape index (κ2) is 3.94. The first-order valence-corrected chi connectivity index (χ1v) is 6.75. The van der Waals surface area contributed by atoms with Crippen LogP contribution in [0.25, 0.3) is 22.1 Å². The summed E-state index contributed by atoms with van der Waals surface area (Å²) in [6.45, 7) is 0. The van der Waals surface area contributed by atoms with Gasteiger partial charge in [0, 0.05) is 6.20 Å². The number of aromatic amines is 1. The highest BCUT2D eigenvalue weighted by atomic mass is 16.7. The van der Waals surface area contributed by atoms with E-state index in [1.54, 1.807) is 10.9 Å². The summed E-state index contributed by atoms with van der Waals surface area (Å²) in [5.41, 5.74) is 2.14. The molecule has 98 valence electrons. The minimum Gasteiger partial charge on any atom is -0.346 e. The van der Waals surface area contributed by atoms with Gasteiger partial charge in [-0.3, -0.25) is 0 Å². The van der Waals surface area contributed by atoms with Gasteiger partial charge in [0.05, 0.1) is 11.6 Å². The lowest BCUT2D eigenvalue weighted by atomic mass is 9.95. The average Bonchev–Trinajstić information content (AvgIpc) is 3.04. The summed E-state index contributed by atoms with van der Waals surface area (Å²) in [4.78, 5) is 19.2. The highest BCUT2D eigenvalue weighted by molar-refractivity contribution is 5.99. The van der Waals surface area contributed by atoms with Crippen LogP contribution in [0.3, 0.4) is 0 Å². The molecule has 3 heterocycles. The Balaban J connectivity index is 2.03. The van der Waals surface area contributed by atoms with E-state index < -0.39 is 0 Å². The van der Waals surface area contributed by atoms with Gasteiger partial charge in [0.2, 0.25) is 5.52 Å². The number of nitrogens with one attached hydrogen (secondary N) is 1. The normalized spacial score (nSPS) is 17.5. The molecule has 0 radical (unpaired) electrons. The fourth-order valence-corrected chi connectivity index (χ4v) is 3.08. The van der Waals surface area contributed by atoms with Gasteiger partial charge < -0.3 is 4.98 Å². The van der Waals surface area contributed by atoms with Crippen LogP contribution in [-0.2, 0) is 0 Å². The molecule has 0 unspecified atom stereocenters. The first kappa shape index (κ1) is 10.8. The van der Waals surface area contributed by atoms with E-state index in [9.17, 15) is 4.91 Å². The molecule has 0 aromatic carbocycles. The van der Waals surface area contributed by atoms with Crippen molar-refractivity contribution in [3.63, 3.8) is 0 Å². The van der Waals surface area contributed by atoms with E-state index in [1.807, 2.05) is 12.3 Å². The van der Waals surface area contributed by atoms with Crippen LogP contribution in [0.4, 0.5) is 0 Å². The molecule has 0 atom stereocenters. The third-order valence-corrected chi connectivity index (χ3v) is 4.02. The van der Waals surface area contributed by atoms with E-state index in [0.717, 1.165) is 29.4 Å². The van der Waals surface area contributed by atoms with E-state index in [0.29, 0.717) is 10.1 Å². The van der Waals surface area contributed by atoms with Gasteiger partial charge in [-0.1, -0.05) is 15.8 Å². The molecule has 0 bridgehead atoms. The fraction of sp³-hybridized carbons (Fsp3) is 0.462. The van der Waals surface area contributed by atoms with Gasteiger partial charge in [-0.15, -0.1) is 0 Å². The molecule has 0 aliphatic heterocycles. The van der Waals surface area contributed by atoms with E-state index in [2.05, 4.69) is 9.97 Å². The van der Waals surface area contributed by atoms with Crippen molar-refractivity contribution in [1.82, 2.24) is 14.7 Å². The van der Waals surface area contributed by atoms with Crippen molar-refractivity contribution in [1.29, 1.82) is 0 Å². The number of rotatable bonds is 1. The number of H-pyrrole nitrogens is 1. The molecule has 6 nitrogen and oxygen atoms in total. The van der Waals surface area contributed by atoms with Gasteiger partial charge in [-0.05, 0) is 36.7 Å². The Labute approximate surface area is 108 Å². The SMILES string of the molecule is O=[n+]1on(C2CCCCC2)c2c3cc[nH]c3ncc21. The van der Waals surface area contributed by atoms with Gasteiger partial charge >= 0.3 is 0 Å². The molecule has 19 heavy (non-hydrogen) atoms. The molecule has 1 fully saturated rings. The minimum atomic E-state index is 0.284. The lowest BCUT2D eigenvalue weighted by Gasteiger charge is -2.16. The maximum atomic E-state index is 11.9. The van der Waals surface area contributed by atoms with Crippen LogP contribution in [0.15, 0.2) is 23.1 Å². The molecule has 1 aliphatic rings. The molecular formula is C13H15N4O2+. The lowest BCUT2D eigenvalue weighted by molar-refractivity contribution is -0.699. The van der Waals surface area contributed by atoms with E-state index in [4.69, 9.17) is 4.63 Å². The van der Waals surface area contributed by atoms with Crippen molar-refractivity contribution in [3.05, 3.63) is 23.4 Å². The summed E-state index contributed by atoms with van der Waals surface area (Å²) < 4.78 is 7.77. The lowest BCUT2D eigenvalue weighted by Crippen LogP contribution is -2.14. The minimum absolute atomic E-state index is 0.284. The molecule has 0 amide bonds. The van der Waals surface area contributed by atoms with Crippen LogP contribution >= 0.6 is 0 Å². The Morgan fingerprint density at radius 2 is 2.21 bits per heavy atom. The van der Waals surface area contributed by atoms with Crippen LogP contribution in [-0.4, -0.2) is 14.7 Å². The monoisotopic (exact) mass is 259 g/mol. The highest BCUT2D eigenvalue weighted by Gasteiger charge is 2.29. The van der Waals surface area contributed by atoms with Crippen LogP contribution in [0, 0.1) is 4.91 Å². The molecule has 0 saturated heterocycles. The zero-order chi connectivity index (χ0) is 12.8. The maximum absolute atomic E-state index is 11.9. The first-order chi connectivity index (χ1) is 9.34. The number of aromatic nitrogens is 4. The van der Waals surface area contributed by atoms with E-state index in [-0.39, 0.29) is 6.04 Å². The van der Waals surface area contributed by atoms with Gasteiger partial charge in [0.1, 0.15) is 11.7 Å². The highest BCUT2D eigenvalue weighted by Crippen LogP contribution is 2.32. The molecule has 4 rings (SSSR count). The number of nitrogens with zero attached hydrogens (tertiary/aromatic N) is 3. The van der Waals surface area contributed by atoms with Gasteiger partial charge in [0.25, 0.3) is 5.52 Å². The largest absolute Gasteiger partial charge is 0.346 e. The summed E-state index contributed by atoms with van der Waals surface area (Å²) in [6.07, 6.45) is 9.21. The second-order valence-electron chi connectivity index (χ2n) is 5.19. The average molecular weight is 259 g/mol. The number of pyridine rings is 1. The Morgan fingerprint density at radius 3 is 3.05 bits per heavy atom. The number of hydrogen-bond acceptors (Lipinski definition) is 3. The summed E-state index contributed by atoms with van der Waals surface area (Å²) in [7, 11) is 0. The topological polar surface area (TPSA) is 69.7 Å². The molecule has 1 N–H and O–H groups in total. The Hall–Kier alpha value is -2.11. The number of fused-ring (bicyclic) bond motifs is 3. The van der Waals surface area contributed by atoms with E-state index in [1.165, 1.54) is 19.3 Å². The molecular weight excluding hydrogens is 244 g/mol. The smallest absolute Gasteiger partial charge is 0.291 e. The van der Waals surface area contributed by atoms with Crippen LogP contribution in [0.5, 0.6) is 0 Å². The van der Waals surface area contributed by atoms with Crippen molar-refractivity contribution in [2.45, 2.75) is 38.1 Å². The van der Waals surface area contributed by atoms with Crippen molar-refractivity contribution in [3.8, 4) is 0 Å². The van der Waals surface area contributed by atoms with Crippen molar-refractivity contribution < 1.29 is 9.23 Å². The Morgan fingerprint density at radius 1 is 1.37 bits per heavy atom. The Kier molecular flexibility index (Phi) is 2.24. The fourth-order valence-electron chi connectivity index (χ4n) is 3.08. The molecule has 1 saturated carbocycles. The van der Waals surface area contributed by atoms with Crippen LogP contribution in [0.1, 0.15) is 38.1 Å². The second-order valence-corrected chi connectivity index (χ2v) is 5.19. The molecule has 6 heteroatoms. The van der Waals surface area contributed by atoms with Crippen LogP contribution < -0.4 is 4.60 Å².